The summed E-state index contributed by atoms with van der Waals surface area (Å²) in [5.41, 5.74) is 0.600. The maximum Gasteiger partial charge on any atom is 0.234 e. The molecule has 3 heteroatoms. The van der Waals surface area contributed by atoms with Crippen LogP contribution >= 0.6 is 15.9 Å². The molecule has 0 bridgehead atoms. The van der Waals surface area contributed by atoms with Gasteiger partial charge in [0.15, 0.2) is 0 Å². The second-order valence-electron chi connectivity index (χ2n) is 5.96. The van der Waals surface area contributed by atoms with E-state index in [2.05, 4.69) is 62.7 Å². The van der Waals surface area contributed by atoms with Crippen molar-refractivity contribution in [2.45, 2.75) is 45.7 Å². The maximum absolute atomic E-state index is 12.3. The second-order valence-corrected chi connectivity index (χ2v) is 6.52. The van der Waals surface area contributed by atoms with Crippen molar-refractivity contribution in [2.24, 2.45) is 0 Å². The first-order chi connectivity index (χ1) is 8.21. The van der Waals surface area contributed by atoms with Crippen LogP contribution in [0.4, 0.5) is 0 Å². The predicted molar refractivity (Wildman–Crippen MR) is 79.9 cm³/mol. The van der Waals surface area contributed by atoms with Crippen molar-refractivity contribution in [1.82, 2.24) is 4.90 Å². The number of rotatable bonds is 3. The first-order valence-electron chi connectivity index (χ1n) is 6.16. The van der Waals surface area contributed by atoms with E-state index in [-0.39, 0.29) is 17.0 Å². The van der Waals surface area contributed by atoms with Gasteiger partial charge in [-0.05, 0) is 40.2 Å². The summed E-state index contributed by atoms with van der Waals surface area (Å²) < 4.78 is 0. The molecule has 0 fully saturated rings. The summed E-state index contributed by atoms with van der Waals surface area (Å²) in [5.74, 6) is 0.108. The molecule has 1 aromatic carbocycles. The Morgan fingerprint density at radius 2 is 1.61 bits per heavy atom. The highest BCUT2D eigenvalue weighted by atomic mass is 79.9. The third-order valence-electron chi connectivity index (χ3n) is 3.07. The summed E-state index contributed by atoms with van der Waals surface area (Å²) >= 11 is 3.28. The van der Waals surface area contributed by atoms with Crippen LogP contribution in [0.1, 0.15) is 40.2 Å². The molecule has 18 heavy (non-hydrogen) atoms. The molecule has 1 aromatic rings. The topological polar surface area (TPSA) is 20.3 Å². The molecule has 1 amide bonds. The van der Waals surface area contributed by atoms with Gasteiger partial charge in [-0.2, -0.15) is 0 Å². The number of hydrogen-bond acceptors (Lipinski definition) is 1. The predicted octanol–water partition coefficient (Wildman–Crippen LogP) is 3.94. The van der Waals surface area contributed by atoms with E-state index < -0.39 is 0 Å². The molecule has 0 unspecified atom stereocenters. The van der Waals surface area contributed by atoms with Crippen LogP contribution in [-0.4, -0.2) is 21.7 Å². The number of hydrogen-bond donors (Lipinski definition) is 0. The number of alkyl halides is 1. The van der Waals surface area contributed by atoms with Gasteiger partial charge >= 0.3 is 0 Å². The lowest BCUT2D eigenvalue weighted by Gasteiger charge is -2.47. The first kappa shape index (κ1) is 15.2. The highest BCUT2D eigenvalue weighted by Gasteiger charge is 2.38. The molecule has 0 aliphatic rings. The lowest BCUT2D eigenvalue weighted by atomic mass is 9.87. The number of nitrogens with zero attached hydrogens (tertiary/aromatic N) is 1. The molecule has 2 nitrogen and oxygen atoms in total. The summed E-state index contributed by atoms with van der Waals surface area (Å²) in [7, 11) is 0. The Labute approximate surface area is 119 Å². The Morgan fingerprint density at radius 3 is 2.00 bits per heavy atom. The van der Waals surface area contributed by atoms with Gasteiger partial charge in [-0.25, -0.2) is 0 Å². The minimum atomic E-state index is -0.329. The number of carbonyl (C=O) groups is 1. The minimum absolute atomic E-state index is 0.108. The number of halogens is 1. The van der Waals surface area contributed by atoms with Crippen LogP contribution in [0.15, 0.2) is 30.3 Å². The van der Waals surface area contributed by atoms with Gasteiger partial charge in [0.2, 0.25) is 5.91 Å². The van der Waals surface area contributed by atoms with Crippen molar-refractivity contribution in [1.29, 1.82) is 0 Å². The smallest absolute Gasteiger partial charge is 0.234 e. The van der Waals surface area contributed by atoms with Gasteiger partial charge in [0, 0.05) is 5.54 Å². The Balaban J connectivity index is 3.24. The Hall–Kier alpha value is -0.830. The van der Waals surface area contributed by atoms with E-state index in [0.717, 1.165) is 5.56 Å². The number of amides is 1. The second kappa shape index (κ2) is 5.43. The zero-order valence-corrected chi connectivity index (χ0v) is 13.4. The third-order valence-corrected chi connectivity index (χ3v) is 3.55. The van der Waals surface area contributed by atoms with Crippen LogP contribution in [0.5, 0.6) is 0 Å². The number of benzene rings is 1. The molecule has 0 spiro atoms. The van der Waals surface area contributed by atoms with Crippen molar-refractivity contribution in [2.75, 3.05) is 5.33 Å². The van der Waals surface area contributed by atoms with E-state index in [0.29, 0.717) is 5.33 Å². The average molecular weight is 312 g/mol. The van der Waals surface area contributed by atoms with Crippen molar-refractivity contribution >= 4 is 21.8 Å². The van der Waals surface area contributed by atoms with Gasteiger partial charge in [-0.3, -0.25) is 4.79 Å². The van der Waals surface area contributed by atoms with Crippen LogP contribution in [-0.2, 0) is 10.3 Å². The minimum Gasteiger partial charge on any atom is -0.328 e. The van der Waals surface area contributed by atoms with Crippen molar-refractivity contribution in [3.05, 3.63) is 35.9 Å². The molecule has 0 N–H and O–H groups in total. The van der Waals surface area contributed by atoms with Crippen LogP contribution in [0.2, 0.25) is 0 Å². The molecule has 0 heterocycles. The summed E-state index contributed by atoms with van der Waals surface area (Å²) in [6, 6.07) is 10.2. The fourth-order valence-corrected chi connectivity index (χ4v) is 2.81. The van der Waals surface area contributed by atoms with Crippen molar-refractivity contribution in [3.8, 4) is 0 Å². The standard InChI is InChI=1S/C15H22BrNO/c1-14(2,3)17(13(18)11-16)15(4,5)12-9-7-6-8-10-12/h6-10H,11H2,1-5H3. The van der Waals surface area contributed by atoms with Crippen LogP contribution in [0.3, 0.4) is 0 Å². The zero-order chi connectivity index (χ0) is 14.0. The van der Waals surface area contributed by atoms with Gasteiger partial charge in [0.05, 0.1) is 10.9 Å². The van der Waals surface area contributed by atoms with E-state index in [1.165, 1.54) is 0 Å². The zero-order valence-electron chi connectivity index (χ0n) is 11.8. The lowest BCUT2D eigenvalue weighted by Crippen LogP contribution is -2.55. The van der Waals surface area contributed by atoms with Gasteiger partial charge < -0.3 is 4.90 Å². The van der Waals surface area contributed by atoms with Crippen molar-refractivity contribution < 1.29 is 4.79 Å². The average Bonchev–Trinajstić information content (AvgIpc) is 2.28. The molecule has 0 atom stereocenters. The van der Waals surface area contributed by atoms with Gasteiger partial charge in [-0.15, -0.1) is 0 Å². The number of carbonyl (C=O) groups excluding carboxylic acids is 1. The van der Waals surface area contributed by atoms with E-state index in [9.17, 15) is 4.79 Å². The SMILES string of the molecule is CC(C)(C)N(C(=O)CBr)C(C)(C)c1ccccc1. The molecule has 0 saturated heterocycles. The summed E-state index contributed by atoms with van der Waals surface area (Å²) in [4.78, 5) is 14.2. The summed E-state index contributed by atoms with van der Waals surface area (Å²) in [5, 5.41) is 0.348. The molecule has 0 aromatic heterocycles. The summed E-state index contributed by atoms with van der Waals surface area (Å²) in [6.07, 6.45) is 0. The van der Waals surface area contributed by atoms with E-state index >= 15 is 0 Å². The molecule has 0 aliphatic carbocycles. The Kier molecular flexibility index (Phi) is 4.60. The summed E-state index contributed by atoms with van der Waals surface area (Å²) in [6.45, 7) is 10.4. The molecular formula is C15H22BrNO. The molecule has 0 radical (unpaired) electrons. The van der Waals surface area contributed by atoms with Gasteiger partial charge in [-0.1, -0.05) is 46.3 Å². The molecular weight excluding hydrogens is 290 g/mol. The van der Waals surface area contributed by atoms with Gasteiger partial charge in [0.1, 0.15) is 0 Å². The Bertz CT molecular complexity index is 406. The van der Waals surface area contributed by atoms with Crippen LogP contribution in [0.25, 0.3) is 0 Å². The Morgan fingerprint density at radius 1 is 1.11 bits per heavy atom. The third kappa shape index (κ3) is 3.14. The van der Waals surface area contributed by atoms with E-state index in [4.69, 9.17) is 0 Å². The molecule has 100 valence electrons. The largest absolute Gasteiger partial charge is 0.328 e. The normalized spacial score (nSPS) is 12.3. The van der Waals surface area contributed by atoms with E-state index in [1.807, 2.05) is 23.1 Å². The molecule has 0 saturated carbocycles. The van der Waals surface area contributed by atoms with E-state index in [1.54, 1.807) is 0 Å². The monoisotopic (exact) mass is 311 g/mol. The fourth-order valence-electron chi connectivity index (χ4n) is 2.56. The van der Waals surface area contributed by atoms with Crippen LogP contribution in [0, 0.1) is 0 Å². The lowest BCUT2D eigenvalue weighted by molar-refractivity contribution is -0.141. The van der Waals surface area contributed by atoms with Crippen LogP contribution < -0.4 is 0 Å². The fraction of sp³-hybridized carbons (Fsp3) is 0.533. The highest BCUT2D eigenvalue weighted by molar-refractivity contribution is 9.09. The van der Waals surface area contributed by atoms with Gasteiger partial charge in [0.25, 0.3) is 0 Å². The highest BCUT2D eigenvalue weighted by Crippen LogP contribution is 2.34. The maximum atomic E-state index is 12.3. The quantitative estimate of drug-likeness (QED) is 0.774. The molecule has 1 rings (SSSR count). The molecule has 0 aliphatic heterocycles. The first-order valence-corrected chi connectivity index (χ1v) is 7.28. The van der Waals surface area contributed by atoms with Crippen molar-refractivity contribution in [3.63, 3.8) is 0 Å².